The molecule has 2 aliphatic heterocycles. The molecule has 0 amide bonds. The van der Waals surface area contributed by atoms with Gasteiger partial charge in [-0.25, -0.2) is 0 Å². The van der Waals surface area contributed by atoms with Crippen LogP contribution in [0.2, 0.25) is 0 Å². The van der Waals surface area contributed by atoms with Crippen molar-refractivity contribution in [2.24, 2.45) is 28.6 Å². The highest BCUT2D eigenvalue weighted by Gasteiger charge is 2.81. The van der Waals surface area contributed by atoms with Gasteiger partial charge in [0.25, 0.3) is 0 Å². The maximum atomic E-state index is 12.5. The maximum absolute atomic E-state index is 12.5. The molecule has 0 aromatic heterocycles. The van der Waals surface area contributed by atoms with Crippen molar-refractivity contribution in [1.82, 2.24) is 0 Å². The molecule has 0 aromatic rings. The average Bonchev–Trinajstić information content (AvgIpc) is 2.90. The fourth-order valence-corrected chi connectivity index (χ4v) is 7.14. The lowest BCUT2D eigenvalue weighted by Crippen LogP contribution is -2.74. The number of rotatable bonds is 0. The van der Waals surface area contributed by atoms with Crippen LogP contribution in [-0.2, 0) is 19.1 Å². The number of carbonyl (C=O) groups is 2. The minimum atomic E-state index is -1.98. The first-order valence-corrected chi connectivity index (χ1v) is 9.41. The number of aliphatic hydroxyl groups is 3. The zero-order valence-corrected chi connectivity index (χ0v) is 15.3. The molecule has 3 N–H and O–H groups in total. The summed E-state index contributed by atoms with van der Waals surface area (Å²) in [6, 6.07) is 0. The van der Waals surface area contributed by atoms with Crippen LogP contribution in [0, 0.1) is 28.6 Å². The number of carbonyl (C=O) groups excluding carboxylic acids is 2. The Labute approximate surface area is 156 Å². The Kier molecular flexibility index (Phi) is 3.18. The van der Waals surface area contributed by atoms with Gasteiger partial charge < -0.3 is 24.8 Å². The van der Waals surface area contributed by atoms with E-state index in [-0.39, 0.29) is 24.9 Å². The monoisotopic (exact) mass is 376 g/mol. The topological polar surface area (TPSA) is 113 Å². The Morgan fingerprint density at radius 1 is 1.22 bits per heavy atom. The molecule has 146 valence electrons. The van der Waals surface area contributed by atoms with Crippen molar-refractivity contribution >= 4 is 11.8 Å². The molecule has 9 atom stereocenters. The highest BCUT2D eigenvalue weighted by molar-refractivity contribution is 5.96. The summed E-state index contributed by atoms with van der Waals surface area (Å²) in [5.41, 5.74) is -0.730. The van der Waals surface area contributed by atoms with Crippen molar-refractivity contribution in [3.63, 3.8) is 0 Å². The first-order chi connectivity index (χ1) is 12.6. The van der Waals surface area contributed by atoms with Gasteiger partial charge in [0.2, 0.25) is 0 Å². The second-order valence-electron chi connectivity index (χ2n) is 9.15. The van der Waals surface area contributed by atoms with Crippen LogP contribution in [0.1, 0.15) is 26.7 Å². The van der Waals surface area contributed by atoms with Gasteiger partial charge in [-0.15, -0.1) is 0 Å². The fourth-order valence-electron chi connectivity index (χ4n) is 7.14. The predicted molar refractivity (Wildman–Crippen MR) is 90.9 cm³/mol. The van der Waals surface area contributed by atoms with Crippen molar-refractivity contribution < 1.29 is 34.4 Å². The van der Waals surface area contributed by atoms with Crippen LogP contribution in [0.4, 0.5) is 0 Å². The van der Waals surface area contributed by atoms with E-state index in [1.165, 1.54) is 6.08 Å². The van der Waals surface area contributed by atoms with Crippen molar-refractivity contribution in [1.29, 1.82) is 0 Å². The Bertz CT molecular complexity index is 817. The van der Waals surface area contributed by atoms with Gasteiger partial charge in [-0.2, -0.15) is 0 Å². The second kappa shape index (κ2) is 4.89. The van der Waals surface area contributed by atoms with E-state index < -0.39 is 52.5 Å². The molecule has 0 radical (unpaired) electrons. The quantitative estimate of drug-likeness (QED) is 0.405. The third-order valence-electron chi connectivity index (χ3n) is 8.19. The summed E-state index contributed by atoms with van der Waals surface area (Å²) in [7, 11) is 0. The second-order valence-corrected chi connectivity index (χ2v) is 9.15. The van der Waals surface area contributed by atoms with Gasteiger partial charge in [-0.05, 0) is 30.9 Å². The lowest BCUT2D eigenvalue weighted by Gasteiger charge is -2.66. The number of esters is 1. The summed E-state index contributed by atoms with van der Waals surface area (Å²) < 4.78 is 11.5. The molecule has 0 aromatic carbocycles. The number of aliphatic hydroxyl groups excluding tert-OH is 2. The largest absolute Gasteiger partial charge is 0.462 e. The fraction of sp³-hybridized carbons (Fsp3) is 0.700. The van der Waals surface area contributed by atoms with Crippen LogP contribution in [0.15, 0.2) is 23.8 Å². The van der Waals surface area contributed by atoms with Crippen molar-refractivity contribution in [3.8, 4) is 0 Å². The molecule has 1 unspecified atom stereocenters. The third-order valence-corrected chi connectivity index (χ3v) is 8.19. The summed E-state index contributed by atoms with van der Waals surface area (Å²) in [6.45, 7) is 7.64. The van der Waals surface area contributed by atoms with Gasteiger partial charge in [0.05, 0.1) is 13.0 Å². The van der Waals surface area contributed by atoms with Crippen molar-refractivity contribution in [2.45, 2.75) is 50.8 Å². The standard InChI is InChI=1S/C20H24O7/c1-8-4-12(21)16(24)18(3)10(8)5-13-19-7-26-20(25,17(18)19)15(23)9(2)11(19)6-14(22)27-13/h4,10-11,13,15-17,23-25H,2,5-7H2,1,3H3/t10-,11-,13+,15+,16+,17+,18+,19+,20?/m0/s1. The van der Waals surface area contributed by atoms with Crippen molar-refractivity contribution in [2.75, 3.05) is 6.61 Å². The predicted octanol–water partition coefficient (Wildman–Crippen LogP) is 0.0863. The van der Waals surface area contributed by atoms with Crippen LogP contribution in [-0.4, -0.2) is 57.8 Å². The normalized spacial score (nSPS) is 56.2. The SMILES string of the molecule is C=C1[C@@H](O)C2(O)OC[C@]34[C@H]2[C@@]2(C)[C@H](O)C(=O)C=C(C)[C@@H]2C[C@H]3OC(=O)C[C@@H]14. The minimum absolute atomic E-state index is 0.0436. The van der Waals surface area contributed by atoms with Gasteiger partial charge in [0.15, 0.2) is 11.6 Å². The van der Waals surface area contributed by atoms with E-state index in [4.69, 9.17) is 9.47 Å². The first kappa shape index (κ1) is 17.6. The molecule has 2 heterocycles. The van der Waals surface area contributed by atoms with Gasteiger partial charge in [0.1, 0.15) is 18.3 Å². The smallest absolute Gasteiger partial charge is 0.306 e. The van der Waals surface area contributed by atoms with Crippen LogP contribution < -0.4 is 0 Å². The van der Waals surface area contributed by atoms with Crippen molar-refractivity contribution in [3.05, 3.63) is 23.8 Å². The highest BCUT2D eigenvalue weighted by atomic mass is 16.6. The molecule has 7 nitrogen and oxygen atoms in total. The molecule has 5 aliphatic rings. The molecule has 4 fully saturated rings. The lowest BCUT2D eigenvalue weighted by molar-refractivity contribution is -0.305. The summed E-state index contributed by atoms with van der Waals surface area (Å²) in [5.74, 6) is -4.25. The molecule has 3 aliphatic carbocycles. The molecule has 2 bridgehead atoms. The first-order valence-electron chi connectivity index (χ1n) is 9.41. The van der Waals surface area contributed by atoms with Gasteiger partial charge in [-0.1, -0.05) is 19.1 Å². The zero-order valence-electron chi connectivity index (χ0n) is 15.3. The molecule has 2 saturated heterocycles. The Morgan fingerprint density at radius 3 is 2.63 bits per heavy atom. The van der Waals surface area contributed by atoms with Gasteiger partial charge in [0, 0.05) is 22.7 Å². The van der Waals surface area contributed by atoms with Crippen LogP contribution in [0.25, 0.3) is 0 Å². The summed E-state index contributed by atoms with van der Waals surface area (Å²) >= 11 is 0. The zero-order chi connectivity index (χ0) is 19.5. The van der Waals surface area contributed by atoms with E-state index in [2.05, 4.69) is 6.58 Å². The average molecular weight is 376 g/mol. The molecular weight excluding hydrogens is 352 g/mol. The van der Waals surface area contributed by atoms with Crippen LogP contribution in [0.3, 0.4) is 0 Å². The number of fused-ring (bicyclic) bond motifs is 1. The number of allylic oxidation sites excluding steroid dienone is 1. The van der Waals surface area contributed by atoms with Gasteiger partial charge in [-0.3, -0.25) is 9.59 Å². The highest BCUT2D eigenvalue weighted by Crippen LogP contribution is 2.73. The maximum Gasteiger partial charge on any atom is 0.306 e. The van der Waals surface area contributed by atoms with Crippen LogP contribution >= 0.6 is 0 Å². The third kappa shape index (κ3) is 1.69. The number of hydrogen-bond donors (Lipinski definition) is 3. The van der Waals surface area contributed by atoms with E-state index in [0.717, 1.165) is 5.57 Å². The molecule has 1 spiro atoms. The molecule has 7 heteroatoms. The molecule has 27 heavy (non-hydrogen) atoms. The summed E-state index contributed by atoms with van der Waals surface area (Å²) in [6.07, 6.45) is -1.36. The number of ether oxygens (including phenoxy) is 2. The van der Waals surface area contributed by atoms with E-state index in [9.17, 15) is 24.9 Å². The number of ketones is 1. The minimum Gasteiger partial charge on any atom is -0.462 e. The Balaban J connectivity index is 1.79. The van der Waals surface area contributed by atoms with E-state index in [1.54, 1.807) is 6.92 Å². The van der Waals surface area contributed by atoms with E-state index in [1.807, 2.05) is 6.92 Å². The van der Waals surface area contributed by atoms with Gasteiger partial charge >= 0.3 is 5.97 Å². The Hall–Kier alpha value is -1.54. The van der Waals surface area contributed by atoms with E-state index >= 15 is 0 Å². The van der Waals surface area contributed by atoms with Crippen LogP contribution in [0.5, 0.6) is 0 Å². The molecule has 5 rings (SSSR count). The summed E-state index contributed by atoms with van der Waals surface area (Å²) in [5, 5.41) is 33.3. The Morgan fingerprint density at radius 2 is 1.93 bits per heavy atom. The molecular formula is C20H24O7. The van der Waals surface area contributed by atoms with E-state index in [0.29, 0.717) is 12.0 Å². The number of hydrogen-bond acceptors (Lipinski definition) is 7. The summed E-state index contributed by atoms with van der Waals surface area (Å²) in [4.78, 5) is 24.8. The molecule has 2 saturated carbocycles. The lowest BCUT2D eigenvalue weighted by atomic mass is 9.39.